The Bertz CT molecular complexity index is 913. The largest absolute Gasteiger partial charge is 0.496 e. The number of ether oxygens (including phenoxy) is 1. The molecule has 0 amide bonds. The molecule has 0 saturated heterocycles. The number of carbonyl (C=O) groups is 1. The monoisotopic (exact) mass is 433 g/mol. The molecule has 0 unspecified atom stereocenters. The predicted octanol–water partition coefficient (Wildman–Crippen LogP) is 5.60. The van der Waals surface area contributed by atoms with Crippen LogP contribution in [0.1, 0.15) is 16.1 Å². The van der Waals surface area contributed by atoms with Gasteiger partial charge in [-0.1, -0.05) is 37.9 Å². The molecule has 5 heteroatoms. The number of nitrogens with one attached hydrogen (secondary N) is 1. The molecule has 0 saturated carbocycles. The summed E-state index contributed by atoms with van der Waals surface area (Å²) in [5.74, 6) is 0.636. The lowest BCUT2D eigenvalue weighted by Crippen LogP contribution is -1.94. The Labute approximate surface area is 150 Å². The van der Waals surface area contributed by atoms with Gasteiger partial charge in [0.1, 0.15) is 5.75 Å². The summed E-state index contributed by atoms with van der Waals surface area (Å²) < 4.78 is 7.21. The second-order valence-corrected chi connectivity index (χ2v) is 6.83. The van der Waals surface area contributed by atoms with E-state index in [9.17, 15) is 4.79 Å². The number of ketones is 1. The molecule has 0 spiro atoms. The molecular formula is C18H13Br2NO2. The van der Waals surface area contributed by atoms with E-state index >= 15 is 0 Å². The van der Waals surface area contributed by atoms with Crippen LogP contribution in [0.4, 0.5) is 0 Å². The first-order valence-electron chi connectivity index (χ1n) is 6.91. The van der Waals surface area contributed by atoms with E-state index < -0.39 is 0 Å². The molecule has 3 rings (SSSR count). The van der Waals surface area contributed by atoms with Crippen molar-refractivity contribution in [2.24, 2.45) is 0 Å². The molecule has 116 valence electrons. The zero-order valence-electron chi connectivity index (χ0n) is 12.3. The normalized spacial score (nSPS) is 11.3. The summed E-state index contributed by atoms with van der Waals surface area (Å²) in [7, 11) is 1.61. The van der Waals surface area contributed by atoms with Crippen molar-refractivity contribution in [3.8, 4) is 5.75 Å². The first-order chi connectivity index (χ1) is 11.1. The molecule has 2 aromatic carbocycles. The van der Waals surface area contributed by atoms with Crippen molar-refractivity contribution in [1.29, 1.82) is 0 Å². The average Bonchev–Trinajstić information content (AvgIpc) is 2.95. The maximum Gasteiger partial charge on any atom is 0.202 e. The van der Waals surface area contributed by atoms with Gasteiger partial charge in [-0.3, -0.25) is 4.79 Å². The molecule has 3 nitrogen and oxygen atoms in total. The average molecular weight is 435 g/mol. The molecule has 23 heavy (non-hydrogen) atoms. The number of carbonyl (C=O) groups excluding carboxylic acids is 1. The Kier molecular flexibility index (Phi) is 4.68. The fourth-order valence-electron chi connectivity index (χ4n) is 2.32. The van der Waals surface area contributed by atoms with E-state index in [1.807, 2.05) is 42.5 Å². The van der Waals surface area contributed by atoms with Crippen LogP contribution < -0.4 is 4.74 Å². The molecule has 1 heterocycles. The quantitative estimate of drug-likeness (QED) is 0.429. The van der Waals surface area contributed by atoms with Crippen LogP contribution in [-0.2, 0) is 0 Å². The second kappa shape index (κ2) is 6.72. The molecule has 0 radical (unpaired) electrons. The molecule has 0 fully saturated rings. The third-order valence-corrected chi connectivity index (χ3v) is 4.44. The van der Waals surface area contributed by atoms with E-state index in [0.717, 1.165) is 31.2 Å². The summed E-state index contributed by atoms with van der Waals surface area (Å²) >= 11 is 6.85. The lowest BCUT2D eigenvalue weighted by atomic mass is 10.1. The summed E-state index contributed by atoms with van der Waals surface area (Å²) in [5.41, 5.74) is 2.33. The Morgan fingerprint density at radius 3 is 2.61 bits per heavy atom. The molecule has 3 aromatic rings. The van der Waals surface area contributed by atoms with Crippen LogP contribution in [0.3, 0.4) is 0 Å². The molecule has 0 aliphatic rings. The highest BCUT2D eigenvalue weighted by Gasteiger charge is 2.08. The Morgan fingerprint density at radius 2 is 1.83 bits per heavy atom. The van der Waals surface area contributed by atoms with Gasteiger partial charge >= 0.3 is 0 Å². The third kappa shape index (κ3) is 3.57. The fraction of sp³-hybridized carbons (Fsp3) is 0.0556. The van der Waals surface area contributed by atoms with Crippen LogP contribution >= 0.6 is 31.9 Å². The van der Waals surface area contributed by atoms with Gasteiger partial charge in [0.25, 0.3) is 0 Å². The number of methoxy groups -OCH3 is 1. The lowest BCUT2D eigenvalue weighted by Gasteiger charge is -2.04. The molecule has 1 aromatic heterocycles. The highest BCUT2D eigenvalue weighted by atomic mass is 79.9. The van der Waals surface area contributed by atoms with Gasteiger partial charge in [0.15, 0.2) is 0 Å². The number of H-pyrrole nitrogens is 1. The molecule has 0 aliphatic carbocycles. The number of aromatic amines is 1. The minimum atomic E-state index is -0.0839. The number of fused-ring (bicyclic) bond motifs is 1. The zero-order chi connectivity index (χ0) is 16.4. The van der Waals surface area contributed by atoms with Gasteiger partial charge in [0, 0.05) is 25.4 Å². The second-order valence-electron chi connectivity index (χ2n) is 5.00. The van der Waals surface area contributed by atoms with Crippen LogP contribution in [0.5, 0.6) is 5.75 Å². The topological polar surface area (TPSA) is 42.1 Å². The van der Waals surface area contributed by atoms with Crippen molar-refractivity contribution >= 4 is 54.6 Å². The number of hydrogen-bond donors (Lipinski definition) is 1. The van der Waals surface area contributed by atoms with Gasteiger partial charge in [-0.25, -0.2) is 0 Å². The van der Waals surface area contributed by atoms with Crippen molar-refractivity contribution in [1.82, 2.24) is 4.98 Å². The van der Waals surface area contributed by atoms with E-state index in [1.54, 1.807) is 19.3 Å². The summed E-state index contributed by atoms with van der Waals surface area (Å²) in [5, 5.41) is 1.00. The number of benzene rings is 2. The summed E-state index contributed by atoms with van der Waals surface area (Å²) in [6, 6.07) is 13.4. The first-order valence-corrected chi connectivity index (χ1v) is 8.49. The van der Waals surface area contributed by atoms with Crippen LogP contribution in [0.2, 0.25) is 0 Å². The number of allylic oxidation sites excluding steroid dienone is 1. The Morgan fingerprint density at radius 1 is 1.09 bits per heavy atom. The number of aromatic nitrogens is 1. The maximum absolute atomic E-state index is 12.4. The summed E-state index contributed by atoms with van der Waals surface area (Å²) in [4.78, 5) is 15.5. The molecular weight excluding hydrogens is 422 g/mol. The van der Waals surface area contributed by atoms with Gasteiger partial charge in [-0.15, -0.1) is 0 Å². The van der Waals surface area contributed by atoms with Crippen molar-refractivity contribution in [2.75, 3.05) is 7.11 Å². The van der Waals surface area contributed by atoms with Gasteiger partial charge in [0.05, 0.1) is 12.8 Å². The van der Waals surface area contributed by atoms with Gasteiger partial charge < -0.3 is 9.72 Å². The van der Waals surface area contributed by atoms with Gasteiger partial charge in [0.2, 0.25) is 5.78 Å². The van der Waals surface area contributed by atoms with Gasteiger partial charge in [-0.05, 0) is 48.6 Å². The smallest absolute Gasteiger partial charge is 0.202 e. The lowest BCUT2D eigenvalue weighted by molar-refractivity contribution is 0.104. The van der Waals surface area contributed by atoms with Crippen molar-refractivity contribution in [3.63, 3.8) is 0 Å². The minimum Gasteiger partial charge on any atom is -0.496 e. The van der Waals surface area contributed by atoms with E-state index in [0.29, 0.717) is 5.69 Å². The van der Waals surface area contributed by atoms with Crippen LogP contribution in [-0.4, -0.2) is 17.9 Å². The van der Waals surface area contributed by atoms with E-state index in [-0.39, 0.29) is 5.78 Å². The van der Waals surface area contributed by atoms with Crippen molar-refractivity contribution in [2.45, 2.75) is 0 Å². The van der Waals surface area contributed by atoms with Crippen molar-refractivity contribution < 1.29 is 9.53 Å². The fourth-order valence-corrected chi connectivity index (χ4v) is 3.06. The number of hydrogen-bond acceptors (Lipinski definition) is 2. The summed E-state index contributed by atoms with van der Waals surface area (Å²) in [6.07, 6.45) is 3.30. The van der Waals surface area contributed by atoms with E-state index in [2.05, 4.69) is 36.8 Å². The van der Waals surface area contributed by atoms with Crippen LogP contribution in [0, 0.1) is 0 Å². The van der Waals surface area contributed by atoms with E-state index in [1.165, 1.54) is 0 Å². The number of halogens is 2. The molecule has 0 atom stereocenters. The standard InChI is InChI=1S/C18H13Br2NO2/c1-23-18-7-5-13(19)8-12(18)3-6-17(22)16-9-11-2-4-14(20)10-15(11)21-16/h2-10,21H,1H3/b6-3+. The minimum absolute atomic E-state index is 0.0839. The number of rotatable bonds is 4. The van der Waals surface area contributed by atoms with Gasteiger partial charge in [-0.2, -0.15) is 0 Å². The first kappa shape index (κ1) is 16.0. The third-order valence-electron chi connectivity index (χ3n) is 3.46. The maximum atomic E-state index is 12.4. The Balaban J connectivity index is 1.89. The highest BCUT2D eigenvalue weighted by molar-refractivity contribution is 9.10. The predicted molar refractivity (Wildman–Crippen MR) is 100 cm³/mol. The van der Waals surface area contributed by atoms with Crippen molar-refractivity contribution in [3.05, 3.63) is 68.7 Å². The summed E-state index contributed by atoms with van der Waals surface area (Å²) in [6.45, 7) is 0. The van der Waals surface area contributed by atoms with Crippen LogP contribution in [0.15, 0.2) is 57.5 Å². The van der Waals surface area contributed by atoms with E-state index in [4.69, 9.17) is 4.74 Å². The molecule has 0 aliphatic heterocycles. The highest BCUT2D eigenvalue weighted by Crippen LogP contribution is 2.25. The zero-order valence-corrected chi connectivity index (χ0v) is 15.4. The SMILES string of the molecule is COc1ccc(Br)cc1/C=C/C(=O)c1cc2ccc(Br)cc2[nH]1. The molecule has 0 bridgehead atoms. The molecule has 1 N–H and O–H groups in total. The Hall–Kier alpha value is -1.85. The van der Waals surface area contributed by atoms with Crippen LogP contribution in [0.25, 0.3) is 17.0 Å².